The Bertz CT molecular complexity index is 1550. The fourth-order valence-electron chi connectivity index (χ4n) is 3.95. The molecule has 37 heavy (non-hydrogen) atoms. The number of para-hydroxylation sites is 1. The molecule has 194 valence electrons. The fraction of sp³-hybridized carbons (Fsp3) is 0.296. The summed E-state index contributed by atoms with van der Waals surface area (Å²) in [5.74, 6) is -1.20. The van der Waals surface area contributed by atoms with E-state index in [0.717, 1.165) is 4.31 Å². The van der Waals surface area contributed by atoms with Crippen molar-refractivity contribution in [1.29, 1.82) is 0 Å². The molecule has 4 rings (SSSR count). The Morgan fingerprint density at radius 2 is 1.70 bits per heavy atom. The summed E-state index contributed by atoms with van der Waals surface area (Å²) in [6.45, 7) is 5.21. The molecule has 0 atom stereocenters. The normalized spacial score (nSPS) is 12.0. The van der Waals surface area contributed by atoms with Crippen LogP contribution in [0.25, 0.3) is 22.0 Å². The molecule has 2 aromatic carbocycles. The summed E-state index contributed by atoms with van der Waals surface area (Å²) in [5.41, 5.74) is 0.324. The zero-order valence-electron chi connectivity index (χ0n) is 21.1. The molecule has 0 aliphatic carbocycles. The molecule has 1 amide bonds. The number of hydrogen-bond acceptors (Lipinski definition) is 8. The lowest BCUT2D eigenvalue weighted by molar-refractivity contribution is -0.154. The van der Waals surface area contributed by atoms with Crippen LogP contribution in [0.4, 0.5) is 5.69 Å². The van der Waals surface area contributed by atoms with Gasteiger partial charge in [0.05, 0.1) is 41.3 Å². The first kappa shape index (κ1) is 26.2. The van der Waals surface area contributed by atoms with Crippen molar-refractivity contribution in [2.45, 2.75) is 39.2 Å². The molecule has 0 aliphatic heterocycles. The smallest absolute Gasteiger partial charge is 0.306 e. The van der Waals surface area contributed by atoms with Crippen molar-refractivity contribution >= 4 is 49.6 Å². The van der Waals surface area contributed by atoms with Crippen LogP contribution in [0.3, 0.4) is 0 Å². The predicted octanol–water partition coefficient (Wildman–Crippen LogP) is 5.09. The van der Waals surface area contributed by atoms with E-state index in [2.05, 4.69) is 4.98 Å². The Morgan fingerprint density at radius 3 is 2.38 bits per heavy atom. The molecule has 9 nitrogen and oxygen atoms in total. The molecule has 0 aliphatic rings. The second-order valence-corrected chi connectivity index (χ2v) is 11.4. The SMILES string of the molecule is COc1ccc(N(C(=O)c2c3ccccc3nc3occc23)S(=O)(=O)CCCC(=O)OC(C)(C)C)cc1. The van der Waals surface area contributed by atoms with E-state index >= 15 is 0 Å². The average Bonchev–Trinajstić information content (AvgIpc) is 3.29. The van der Waals surface area contributed by atoms with Gasteiger partial charge in [0, 0.05) is 11.8 Å². The van der Waals surface area contributed by atoms with Crippen molar-refractivity contribution in [2.24, 2.45) is 0 Å². The number of benzene rings is 2. The largest absolute Gasteiger partial charge is 0.497 e. The highest BCUT2D eigenvalue weighted by Crippen LogP contribution is 2.32. The third-order valence-electron chi connectivity index (χ3n) is 5.50. The van der Waals surface area contributed by atoms with Gasteiger partial charge in [0.2, 0.25) is 15.7 Å². The summed E-state index contributed by atoms with van der Waals surface area (Å²) in [5, 5.41) is 0.884. The first-order chi connectivity index (χ1) is 17.5. The van der Waals surface area contributed by atoms with E-state index < -0.39 is 33.3 Å². The Morgan fingerprint density at radius 1 is 1.00 bits per heavy atom. The van der Waals surface area contributed by atoms with Crippen LogP contribution in [0.5, 0.6) is 5.75 Å². The lowest BCUT2D eigenvalue weighted by Gasteiger charge is -2.24. The van der Waals surface area contributed by atoms with Crippen LogP contribution < -0.4 is 9.04 Å². The monoisotopic (exact) mass is 524 g/mol. The molecule has 0 radical (unpaired) electrons. The number of sulfonamides is 1. The number of carbonyl (C=O) groups excluding carboxylic acids is 2. The molecule has 0 unspecified atom stereocenters. The number of furan rings is 1. The number of aromatic nitrogens is 1. The Labute approximate surface area is 215 Å². The number of esters is 1. The second-order valence-electron chi connectivity index (χ2n) is 9.42. The van der Waals surface area contributed by atoms with Gasteiger partial charge < -0.3 is 13.9 Å². The number of amides is 1. The summed E-state index contributed by atoms with van der Waals surface area (Å²) in [6, 6.07) is 14.7. The van der Waals surface area contributed by atoms with Gasteiger partial charge in [-0.3, -0.25) is 9.59 Å². The zero-order valence-corrected chi connectivity index (χ0v) is 21.9. The topological polar surface area (TPSA) is 116 Å². The van der Waals surface area contributed by atoms with E-state index in [1.807, 2.05) is 0 Å². The molecule has 0 saturated carbocycles. The Hall–Kier alpha value is -3.92. The summed E-state index contributed by atoms with van der Waals surface area (Å²) in [4.78, 5) is 30.7. The third-order valence-corrected chi connectivity index (χ3v) is 7.23. The van der Waals surface area contributed by atoms with E-state index in [-0.39, 0.29) is 29.8 Å². The maximum atomic E-state index is 14.1. The summed E-state index contributed by atoms with van der Waals surface area (Å²) in [7, 11) is -2.73. The number of nitrogens with zero attached hydrogens (tertiary/aromatic N) is 2. The van der Waals surface area contributed by atoms with Crippen LogP contribution in [-0.4, -0.2) is 43.7 Å². The van der Waals surface area contributed by atoms with Gasteiger partial charge in [0.1, 0.15) is 11.4 Å². The van der Waals surface area contributed by atoms with Gasteiger partial charge in [0.15, 0.2) is 0 Å². The number of fused-ring (bicyclic) bond motifs is 2. The Kier molecular flexibility index (Phi) is 7.22. The highest BCUT2D eigenvalue weighted by atomic mass is 32.2. The minimum Gasteiger partial charge on any atom is -0.497 e. The molecular formula is C27H28N2O7S. The van der Waals surface area contributed by atoms with Crippen molar-refractivity contribution in [3.63, 3.8) is 0 Å². The van der Waals surface area contributed by atoms with Gasteiger partial charge in [-0.05, 0) is 63.6 Å². The Balaban J connectivity index is 1.76. The number of hydrogen-bond donors (Lipinski definition) is 0. The molecule has 2 aromatic heterocycles. The summed E-state index contributed by atoms with van der Waals surface area (Å²) in [6.07, 6.45) is 1.28. The highest BCUT2D eigenvalue weighted by Gasteiger charge is 2.33. The van der Waals surface area contributed by atoms with Crippen LogP contribution in [0.1, 0.15) is 44.0 Å². The van der Waals surface area contributed by atoms with Gasteiger partial charge in [-0.15, -0.1) is 0 Å². The zero-order chi connectivity index (χ0) is 26.8. The summed E-state index contributed by atoms with van der Waals surface area (Å²) >= 11 is 0. The number of rotatable bonds is 8. The van der Waals surface area contributed by atoms with Crippen LogP contribution in [0.2, 0.25) is 0 Å². The molecule has 0 spiro atoms. The molecule has 4 aromatic rings. The third kappa shape index (κ3) is 5.75. The van der Waals surface area contributed by atoms with Gasteiger partial charge >= 0.3 is 5.97 Å². The summed E-state index contributed by atoms with van der Waals surface area (Å²) < 4.78 is 44.0. The fourth-order valence-corrected chi connectivity index (χ4v) is 5.43. The first-order valence-corrected chi connectivity index (χ1v) is 13.3. The van der Waals surface area contributed by atoms with Crippen LogP contribution in [-0.2, 0) is 19.6 Å². The van der Waals surface area contributed by atoms with E-state index in [9.17, 15) is 18.0 Å². The van der Waals surface area contributed by atoms with E-state index in [1.165, 1.54) is 25.5 Å². The van der Waals surface area contributed by atoms with Crippen molar-refractivity contribution < 1.29 is 31.9 Å². The van der Waals surface area contributed by atoms with Gasteiger partial charge in [-0.1, -0.05) is 18.2 Å². The number of ether oxygens (including phenoxy) is 2. The van der Waals surface area contributed by atoms with Gasteiger partial charge in [0.25, 0.3) is 5.91 Å². The van der Waals surface area contributed by atoms with Crippen molar-refractivity contribution in [1.82, 2.24) is 4.98 Å². The van der Waals surface area contributed by atoms with Crippen LogP contribution in [0, 0.1) is 0 Å². The van der Waals surface area contributed by atoms with Crippen LogP contribution >= 0.6 is 0 Å². The molecule has 0 bridgehead atoms. The minimum atomic E-state index is -4.22. The second kappa shape index (κ2) is 10.2. The highest BCUT2D eigenvalue weighted by molar-refractivity contribution is 7.93. The molecular weight excluding hydrogens is 496 g/mol. The average molecular weight is 525 g/mol. The number of methoxy groups -OCH3 is 1. The van der Waals surface area contributed by atoms with E-state index in [4.69, 9.17) is 13.9 Å². The van der Waals surface area contributed by atoms with E-state index in [1.54, 1.807) is 63.2 Å². The quantitative estimate of drug-likeness (QED) is 0.293. The molecule has 0 fully saturated rings. The number of anilines is 1. The van der Waals surface area contributed by atoms with Crippen LogP contribution in [0.15, 0.2) is 65.3 Å². The number of carbonyl (C=O) groups is 2. The predicted molar refractivity (Wildman–Crippen MR) is 140 cm³/mol. The lowest BCUT2D eigenvalue weighted by atomic mass is 10.0. The standard InChI is InChI=1S/C27H28N2O7S/c1-27(2,3)36-23(30)10-7-17-37(32,33)29(18-11-13-19(34-4)14-12-18)26(31)24-20-8-5-6-9-22(20)28-25-21(24)15-16-35-25/h5-6,8-9,11-16H,7,10,17H2,1-4H3. The molecule has 2 heterocycles. The number of pyridine rings is 1. The molecule has 10 heteroatoms. The maximum Gasteiger partial charge on any atom is 0.306 e. The van der Waals surface area contributed by atoms with Crippen molar-refractivity contribution in [3.05, 3.63) is 66.4 Å². The lowest BCUT2D eigenvalue weighted by Crippen LogP contribution is -2.39. The maximum absolute atomic E-state index is 14.1. The minimum absolute atomic E-state index is 0.0185. The van der Waals surface area contributed by atoms with Crippen molar-refractivity contribution in [3.8, 4) is 5.75 Å². The first-order valence-electron chi connectivity index (χ1n) is 11.7. The van der Waals surface area contributed by atoms with E-state index in [0.29, 0.717) is 22.0 Å². The molecule has 0 N–H and O–H groups in total. The molecule has 0 saturated heterocycles. The van der Waals surface area contributed by atoms with Gasteiger partial charge in [-0.25, -0.2) is 17.7 Å². The van der Waals surface area contributed by atoms with Gasteiger partial charge in [-0.2, -0.15) is 0 Å². The van der Waals surface area contributed by atoms with Crippen molar-refractivity contribution in [2.75, 3.05) is 17.2 Å².